The second kappa shape index (κ2) is 5.63. The summed E-state index contributed by atoms with van der Waals surface area (Å²) >= 11 is 5.97. The number of nitriles is 1. The maximum atomic E-state index is 12.1. The number of aryl methyl sites for hydroxylation is 1. The van der Waals surface area contributed by atoms with Crippen LogP contribution in [0.3, 0.4) is 0 Å². The lowest BCUT2D eigenvalue weighted by atomic mass is 10.2. The van der Waals surface area contributed by atoms with Crippen LogP contribution in [0, 0.1) is 11.3 Å². The van der Waals surface area contributed by atoms with E-state index in [1.54, 1.807) is 12.1 Å². The number of benzene rings is 1. The van der Waals surface area contributed by atoms with Crippen LogP contribution in [0.2, 0.25) is 5.02 Å². The number of carbonyl (C=O) groups excluding carboxylic acids is 1. The molecule has 0 saturated heterocycles. The third-order valence-corrected chi connectivity index (χ3v) is 3.12. The van der Waals surface area contributed by atoms with Crippen LogP contribution in [0.5, 0.6) is 0 Å². The Morgan fingerprint density at radius 3 is 2.95 bits per heavy atom. The predicted octanol–water partition coefficient (Wildman–Crippen LogP) is 2.33. The number of hydrogen-bond donors (Lipinski definition) is 3. The summed E-state index contributed by atoms with van der Waals surface area (Å²) in [5, 5.41) is 18.4. The van der Waals surface area contributed by atoms with Crippen molar-refractivity contribution in [3.05, 3.63) is 40.2 Å². The highest BCUT2D eigenvalue weighted by molar-refractivity contribution is 6.34. The molecule has 0 spiro atoms. The zero-order valence-electron chi connectivity index (χ0n) is 10.7. The molecule has 0 bridgehead atoms. The van der Waals surface area contributed by atoms with Gasteiger partial charge in [-0.3, -0.25) is 9.89 Å². The van der Waals surface area contributed by atoms with Gasteiger partial charge in [-0.15, -0.1) is 0 Å². The van der Waals surface area contributed by atoms with E-state index in [1.165, 1.54) is 6.07 Å². The molecule has 0 unspecified atom stereocenters. The van der Waals surface area contributed by atoms with Crippen molar-refractivity contribution in [1.82, 2.24) is 10.2 Å². The lowest BCUT2D eigenvalue weighted by Crippen LogP contribution is -2.14. The largest absolute Gasteiger partial charge is 0.395 e. The number of nitrogen functional groups attached to an aromatic ring is 1. The molecule has 4 N–H and O–H groups in total. The van der Waals surface area contributed by atoms with E-state index in [2.05, 4.69) is 15.5 Å². The van der Waals surface area contributed by atoms with E-state index in [-0.39, 0.29) is 5.69 Å². The van der Waals surface area contributed by atoms with Gasteiger partial charge in [-0.25, -0.2) is 0 Å². The Labute approximate surface area is 120 Å². The molecule has 102 valence electrons. The minimum absolute atomic E-state index is 0.111. The molecular formula is C13H12ClN5O. The Balaban J connectivity index is 2.28. The van der Waals surface area contributed by atoms with Crippen molar-refractivity contribution in [2.24, 2.45) is 0 Å². The predicted molar refractivity (Wildman–Crippen MR) is 76.5 cm³/mol. The number of amides is 1. The van der Waals surface area contributed by atoms with Crippen LogP contribution in [0.1, 0.15) is 28.7 Å². The summed E-state index contributed by atoms with van der Waals surface area (Å²) in [5.74, 6) is -0.476. The fourth-order valence-electron chi connectivity index (χ4n) is 1.70. The number of rotatable bonds is 3. The van der Waals surface area contributed by atoms with Crippen LogP contribution >= 0.6 is 11.6 Å². The first-order valence-corrected chi connectivity index (χ1v) is 6.28. The van der Waals surface area contributed by atoms with Crippen molar-refractivity contribution < 1.29 is 4.79 Å². The van der Waals surface area contributed by atoms with E-state index in [0.29, 0.717) is 34.1 Å². The Morgan fingerprint density at radius 2 is 2.35 bits per heavy atom. The lowest BCUT2D eigenvalue weighted by Gasteiger charge is -2.06. The number of halogens is 1. The summed E-state index contributed by atoms with van der Waals surface area (Å²) in [6, 6.07) is 6.57. The third-order valence-electron chi connectivity index (χ3n) is 2.80. The number of anilines is 2. The van der Waals surface area contributed by atoms with Crippen molar-refractivity contribution in [2.45, 2.75) is 13.3 Å². The van der Waals surface area contributed by atoms with Crippen LogP contribution in [0.4, 0.5) is 11.4 Å². The van der Waals surface area contributed by atoms with Crippen LogP contribution in [0.15, 0.2) is 18.2 Å². The van der Waals surface area contributed by atoms with Crippen LogP contribution in [-0.4, -0.2) is 16.1 Å². The Hall–Kier alpha value is -2.52. The minimum atomic E-state index is -0.476. The zero-order valence-corrected chi connectivity index (χ0v) is 11.5. The average Bonchev–Trinajstić information content (AvgIpc) is 2.82. The first-order valence-electron chi connectivity index (χ1n) is 5.90. The summed E-state index contributed by atoms with van der Waals surface area (Å²) in [6.07, 6.45) is 0.650. The third kappa shape index (κ3) is 2.58. The molecule has 0 aliphatic heterocycles. The highest BCUT2D eigenvalue weighted by Gasteiger charge is 2.17. The Bertz CT molecular complexity index is 701. The van der Waals surface area contributed by atoms with Gasteiger partial charge in [0.25, 0.3) is 5.91 Å². The van der Waals surface area contributed by atoms with Gasteiger partial charge >= 0.3 is 0 Å². The fourth-order valence-corrected chi connectivity index (χ4v) is 1.87. The molecule has 0 saturated carbocycles. The van der Waals surface area contributed by atoms with Crippen molar-refractivity contribution in [3.63, 3.8) is 0 Å². The van der Waals surface area contributed by atoms with Crippen molar-refractivity contribution in [2.75, 3.05) is 11.1 Å². The number of aromatic nitrogens is 2. The minimum Gasteiger partial charge on any atom is -0.395 e. The second-order valence-corrected chi connectivity index (χ2v) is 4.49. The molecule has 2 aromatic rings. The molecule has 0 atom stereocenters. The smallest absolute Gasteiger partial charge is 0.278 e. The van der Waals surface area contributed by atoms with Gasteiger partial charge in [0.15, 0.2) is 5.69 Å². The SMILES string of the molecule is CCc1[nH]nc(C(=O)Nc2cc(C#N)ccc2Cl)c1N. The molecule has 1 aromatic heterocycles. The monoisotopic (exact) mass is 289 g/mol. The van der Waals surface area contributed by atoms with Gasteiger partial charge in [-0.2, -0.15) is 10.4 Å². The summed E-state index contributed by atoms with van der Waals surface area (Å²) in [4.78, 5) is 12.1. The maximum absolute atomic E-state index is 12.1. The van der Waals surface area contributed by atoms with Crippen LogP contribution in [0.25, 0.3) is 0 Å². The summed E-state index contributed by atoms with van der Waals surface area (Å²) in [7, 11) is 0. The number of nitrogens with one attached hydrogen (secondary N) is 2. The van der Waals surface area contributed by atoms with Crippen molar-refractivity contribution in [3.8, 4) is 6.07 Å². The lowest BCUT2D eigenvalue weighted by molar-refractivity contribution is 0.102. The van der Waals surface area contributed by atoms with E-state index in [9.17, 15) is 4.79 Å². The van der Waals surface area contributed by atoms with Crippen LogP contribution in [-0.2, 0) is 6.42 Å². The molecule has 7 heteroatoms. The van der Waals surface area contributed by atoms with Crippen molar-refractivity contribution >= 4 is 28.9 Å². The van der Waals surface area contributed by atoms with Gasteiger partial charge in [0.2, 0.25) is 0 Å². The Kier molecular flexibility index (Phi) is 3.91. The van der Waals surface area contributed by atoms with E-state index in [1.807, 2.05) is 13.0 Å². The summed E-state index contributed by atoms with van der Waals surface area (Å²) < 4.78 is 0. The molecular weight excluding hydrogens is 278 g/mol. The first kappa shape index (κ1) is 13.9. The van der Waals surface area contributed by atoms with Gasteiger partial charge < -0.3 is 11.1 Å². The molecule has 0 fully saturated rings. The Morgan fingerprint density at radius 1 is 1.60 bits per heavy atom. The number of nitrogens with zero attached hydrogens (tertiary/aromatic N) is 2. The molecule has 6 nitrogen and oxygen atoms in total. The number of hydrogen-bond acceptors (Lipinski definition) is 4. The molecule has 1 amide bonds. The highest BCUT2D eigenvalue weighted by atomic mass is 35.5. The number of carbonyl (C=O) groups is 1. The zero-order chi connectivity index (χ0) is 14.7. The maximum Gasteiger partial charge on any atom is 0.278 e. The van der Waals surface area contributed by atoms with Gasteiger partial charge in [-0.1, -0.05) is 18.5 Å². The molecule has 20 heavy (non-hydrogen) atoms. The molecule has 2 rings (SSSR count). The van der Waals surface area contributed by atoms with E-state index in [4.69, 9.17) is 22.6 Å². The van der Waals surface area contributed by atoms with E-state index >= 15 is 0 Å². The normalized spacial score (nSPS) is 10.1. The summed E-state index contributed by atoms with van der Waals surface area (Å²) in [6.45, 7) is 1.90. The summed E-state index contributed by atoms with van der Waals surface area (Å²) in [5.41, 5.74) is 7.69. The topological polar surface area (TPSA) is 108 Å². The standard InChI is InChI=1S/C13H12ClN5O/c1-2-9-11(16)12(19-18-9)13(20)17-10-5-7(6-15)3-4-8(10)14/h3-5H,2,16H2,1H3,(H,17,20)(H,18,19). The number of aromatic amines is 1. The molecule has 0 aliphatic carbocycles. The van der Waals surface area contributed by atoms with Gasteiger partial charge in [0, 0.05) is 0 Å². The number of H-pyrrole nitrogens is 1. The molecule has 0 aliphatic rings. The van der Waals surface area contributed by atoms with Gasteiger partial charge in [0.05, 0.1) is 33.7 Å². The highest BCUT2D eigenvalue weighted by Crippen LogP contribution is 2.24. The first-order chi connectivity index (χ1) is 9.56. The van der Waals surface area contributed by atoms with Crippen molar-refractivity contribution in [1.29, 1.82) is 5.26 Å². The van der Waals surface area contributed by atoms with E-state index in [0.717, 1.165) is 0 Å². The average molecular weight is 290 g/mol. The molecule has 1 aromatic carbocycles. The van der Waals surface area contributed by atoms with Crippen LogP contribution < -0.4 is 11.1 Å². The van der Waals surface area contributed by atoms with E-state index < -0.39 is 5.91 Å². The number of nitrogens with two attached hydrogens (primary N) is 1. The quantitative estimate of drug-likeness (QED) is 0.806. The molecule has 0 radical (unpaired) electrons. The second-order valence-electron chi connectivity index (χ2n) is 4.08. The fraction of sp³-hybridized carbons (Fsp3) is 0.154. The molecule has 1 heterocycles. The van der Waals surface area contributed by atoms with Gasteiger partial charge in [0.1, 0.15) is 0 Å². The van der Waals surface area contributed by atoms with Gasteiger partial charge in [-0.05, 0) is 24.6 Å².